The first kappa shape index (κ1) is 33.4. The summed E-state index contributed by atoms with van der Waals surface area (Å²) in [6.07, 6.45) is 5.13. The van der Waals surface area contributed by atoms with E-state index in [1.807, 2.05) is 97.9 Å². The standard InChI is InChI=1S/C32H48N4O3/c1-13-28(29(37)33-32(10,11)27-18-16-15-17-19-27)26(6)34-35(12)25(5)21-20-23(3)24(4)22-36(14-2)30(38)39-31(7,8)9/h13,15-21,24H,3,5,14,22H2,1-2,4,6-12H3,(H,33,37)/b21-20-,28-13+,34-26+/t24-/m1/s1. The molecule has 0 aliphatic heterocycles. The van der Waals surface area contributed by atoms with Crippen molar-refractivity contribution < 1.29 is 14.3 Å². The van der Waals surface area contributed by atoms with Gasteiger partial charge in [0.05, 0.1) is 22.5 Å². The van der Waals surface area contributed by atoms with Gasteiger partial charge in [0.25, 0.3) is 5.91 Å². The molecule has 0 bridgehead atoms. The molecule has 0 saturated heterocycles. The molecule has 1 aromatic rings. The number of amides is 2. The number of ether oxygens (including phenoxy) is 1. The number of likely N-dealkylation sites (N-methyl/N-ethyl adjacent to an activating group) is 1. The monoisotopic (exact) mass is 536 g/mol. The highest BCUT2D eigenvalue weighted by Gasteiger charge is 2.25. The highest BCUT2D eigenvalue weighted by Crippen LogP contribution is 2.21. The van der Waals surface area contributed by atoms with Crippen LogP contribution < -0.4 is 5.32 Å². The normalized spacial score (nSPS) is 13.6. The predicted octanol–water partition coefficient (Wildman–Crippen LogP) is 6.81. The molecule has 0 fully saturated rings. The molecule has 1 atom stereocenters. The van der Waals surface area contributed by atoms with E-state index in [2.05, 4.69) is 23.6 Å². The van der Waals surface area contributed by atoms with Crippen molar-refractivity contribution in [2.45, 2.75) is 73.5 Å². The fourth-order valence-electron chi connectivity index (χ4n) is 3.71. The zero-order valence-corrected chi connectivity index (χ0v) is 25.6. The topological polar surface area (TPSA) is 74.2 Å². The average molecular weight is 537 g/mol. The molecule has 7 heteroatoms. The molecule has 1 N–H and O–H groups in total. The Bertz CT molecular complexity index is 1110. The summed E-state index contributed by atoms with van der Waals surface area (Å²) >= 11 is 0. The third-order valence-electron chi connectivity index (χ3n) is 6.21. The molecule has 2 amide bonds. The Morgan fingerprint density at radius 3 is 2.21 bits per heavy atom. The van der Waals surface area contributed by atoms with Crippen molar-refractivity contribution in [3.63, 3.8) is 0 Å². The van der Waals surface area contributed by atoms with Crippen molar-refractivity contribution in [3.05, 3.63) is 84.1 Å². The van der Waals surface area contributed by atoms with Crippen LogP contribution in [0.3, 0.4) is 0 Å². The molecule has 39 heavy (non-hydrogen) atoms. The van der Waals surface area contributed by atoms with E-state index in [4.69, 9.17) is 4.74 Å². The SMILES string of the molecule is C=C(/C=C\C(=C)N(C)/N=C(C)/C(=C\C)C(=O)NC(C)(C)c1ccccc1)[C@H](C)CN(CC)C(=O)OC(C)(C)C. The summed E-state index contributed by atoms with van der Waals surface area (Å²) in [5, 5.41) is 9.32. The highest BCUT2D eigenvalue weighted by atomic mass is 16.6. The minimum atomic E-state index is -0.544. The summed E-state index contributed by atoms with van der Waals surface area (Å²) < 4.78 is 5.50. The minimum Gasteiger partial charge on any atom is -0.444 e. The summed E-state index contributed by atoms with van der Waals surface area (Å²) in [7, 11) is 1.78. The van der Waals surface area contributed by atoms with Crippen molar-refractivity contribution in [1.82, 2.24) is 15.2 Å². The molecule has 214 valence electrons. The lowest BCUT2D eigenvalue weighted by Crippen LogP contribution is -2.42. The second-order valence-corrected chi connectivity index (χ2v) is 11.2. The summed E-state index contributed by atoms with van der Waals surface area (Å²) in [6, 6.07) is 9.85. The van der Waals surface area contributed by atoms with E-state index in [-0.39, 0.29) is 17.9 Å². The number of hydrogen-bond acceptors (Lipinski definition) is 5. The maximum atomic E-state index is 13.1. The van der Waals surface area contributed by atoms with Crippen LogP contribution in [0.15, 0.2) is 83.7 Å². The van der Waals surface area contributed by atoms with Gasteiger partial charge in [0.15, 0.2) is 0 Å². The zero-order valence-electron chi connectivity index (χ0n) is 25.6. The van der Waals surface area contributed by atoms with Crippen LogP contribution in [0, 0.1) is 5.92 Å². The van der Waals surface area contributed by atoms with Crippen LogP contribution in [0.1, 0.15) is 67.9 Å². The third-order valence-corrected chi connectivity index (χ3v) is 6.21. The average Bonchev–Trinajstić information content (AvgIpc) is 2.84. The lowest BCUT2D eigenvalue weighted by molar-refractivity contribution is -0.118. The number of nitrogens with one attached hydrogen (secondary N) is 1. The van der Waals surface area contributed by atoms with Gasteiger partial charge in [-0.1, -0.05) is 68.1 Å². The lowest BCUT2D eigenvalue weighted by Gasteiger charge is -2.28. The number of allylic oxidation sites excluding steroid dienone is 3. The van der Waals surface area contributed by atoms with Crippen LogP contribution in [-0.2, 0) is 15.1 Å². The number of hydrogen-bond donors (Lipinski definition) is 1. The smallest absolute Gasteiger partial charge is 0.410 e. The highest BCUT2D eigenvalue weighted by molar-refractivity contribution is 6.20. The third kappa shape index (κ3) is 11.0. The van der Waals surface area contributed by atoms with Crippen LogP contribution in [0.2, 0.25) is 0 Å². The van der Waals surface area contributed by atoms with Gasteiger partial charge in [-0.2, -0.15) is 5.10 Å². The van der Waals surface area contributed by atoms with Gasteiger partial charge in [-0.15, -0.1) is 0 Å². The first-order valence-electron chi connectivity index (χ1n) is 13.4. The number of hydrazone groups is 1. The second-order valence-electron chi connectivity index (χ2n) is 11.2. The van der Waals surface area contributed by atoms with E-state index >= 15 is 0 Å². The van der Waals surface area contributed by atoms with Crippen molar-refractivity contribution in [1.29, 1.82) is 0 Å². The molecular weight excluding hydrogens is 488 g/mol. The summed E-state index contributed by atoms with van der Waals surface area (Å²) in [5.74, 6) is -0.182. The van der Waals surface area contributed by atoms with Crippen molar-refractivity contribution in [2.75, 3.05) is 20.1 Å². The molecule has 0 aliphatic carbocycles. The summed E-state index contributed by atoms with van der Waals surface area (Å²) in [5.41, 5.74) is 2.46. The number of carbonyl (C=O) groups excluding carboxylic acids is 2. The second kappa shape index (κ2) is 14.5. The quantitative estimate of drug-likeness (QED) is 0.138. The first-order valence-corrected chi connectivity index (χ1v) is 13.4. The Morgan fingerprint density at radius 1 is 1.10 bits per heavy atom. The number of rotatable bonds is 12. The van der Waals surface area contributed by atoms with Crippen LogP contribution in [0.4, 0.5) is 4.79 Å². The molecule has 1 rings (SSSR count). The fraction of sp³-hybridized carbons (Fsp3) is 0.469. The molecule has 1 aromatic carbocycles. The minimum absolute atomic E-state index is 0.0170. The molecule has 0 unspecified atom stereocenters. The van der Waals surface area contributed by atoms with E-state index in [0.717, 1.165) is 11.1 Å². The molecule has 0 spiro atoms. The Kier molecular flexibility index (Phi) is 12.4. The Balaban J connectivity index is 2.84. The van der Waals surface area contributed by atoms with Gasteiger partial charge in [-0.3, -0.25) is 9.80 Å². The van der Waals surface area contributed by atoms with Crippen LogP contribution in [0.25, 0.3) is 0 Å². The Labute approximate surface area is 236 Å². The van der Waals surface area contributed by atoms with E-state index in [1.54, 1.807) is 30.0 Å². The molecule has 0 heterocycles. The van der Waals surface area contributed by atoms with Gasteiger partial charge < -0.3 is 15.0 Å². The number of carbonyl (C=O) groups is 2. The van der Waals surface area contributed by atoms with Gasteiger partial charge in [-0.25, -0.2) is 4.79 Å². The lowest BCUT2D eigenvalue weighted by atomic mass is 9.93. The van der Waals surface area contributed by atoms with Gasteiger partial charge >= 0.3 is 6.09 Å². The molecular formula is C32H48N4O3. The summed E-state index contributed by atoms with van der Waals surface area (Å²) in [4.78, 5) is 27.3. The van der Waals surface area contributed by atoms with Gasteiger partial charge in [0, 0.05) is 20.1 Å². The molecule has 0 aromatic heterocycles. The number of benzene rings is 1. The Hall–Kier alpha value is -3.61. The van der Waals surface area contributed by atoms with Gasteiger partial charge in [0.2, 0.25) is 0 Å². The van der Waals surface area contributed by atoms with Crippen LogP contribution in [-0.4, -0.2) is 53.4 Å². The van der Waals surface area contributed by atoms with Crippen LogP contribution in [0.5, 0.6) is 0 Å². The van der Waals surface area contributed by atoms with Crippen molar-refractivity contribution >= 4 is 17.7 Å². The maximum Gasteiger partial charge on any atom is 0.410 e. The number of nitrogens with zero attached hydrogens (tertiary/aromatic N) is 3. The fourth-order valence-corrected chi connectivity index (χ4v) is 3.71. The Morgan fingerprint density at radius 2 is 1.69 bits per heavy atom. The van der Waals surface area contributed by atoms with E-state index in [0.29, 0.717) is 30.1 Å². The largest absolute Gasteiger partial charge is 0.444 e. The molecule has 7 nitrogen and oxygen atoms in total. The molecule has 0 saturated carbocycles. The van der Waals surface area contributed by atoms with Crippen molar-refractivity contribution in [2.24, 2.45) is 11.0 Å². The van der Waals surface area contributed by atoms with E-state index in [9.17, 15) is 9.59 Å². The van der Waals surface area contributed by atoms with E-state index < -0.39 is 11.1 Å². The molecule has 0 aliphatic rings. The first-order chi connectivity index (χ1) is 18.0. The molecule has 0 radical (unpaired) electrons. The van der Waals surface area contributed by atoms with Gasteiger partial charge in [0.1, 0.15) is 5.60 Å². The zero-order chi connectivity index (χ0) is 30.0. The maximum absolute atomic E-state index is 13.1. The van der Waals surface area contributed by atoms with Gasteiger partial charge in [-0.05, 0) is 72.9 Å². The summed E-state index contributed by atoms with van der Waals surface area (Å²) in [6.45, 7) is 26.4. The van der Waals surface area contributed by atoms with E-state index in [1.165, 1.54) is 0 Å². The van der Waals surface area contributed by atoms with Crippen LogP contribution >= 0.6 is 0 Å². The predicted molar refractivity (Wildman–Crippen MR) is 162 cm³/mol. The van der Waals surface area contributed by atoms with Crippen molar-refractivity contribution in [3.8, 4) is 0 Å².